The highest BCUT2D eigenvalue weighted by atomic mass is 16.5. The Hall–Kier alpha value is -3.07. The van der Waals surface area contributed by atoms with Gasteiger partial charge in [0.25, 0.3) is 0 Å². The van der Waals surface area contributed by atoms with Gasteiger partial charge in [-0.05, 0) is 67.5 Å². The molecule has 0 bridgehead atoms. The molecule has 33 heavy (non-hydrogen) atoms. The van der Waals surface area contributed by atoms with Gasteiger partial charge in [0.2, 0.25) is 5.91 Å². The number of rotatable bonds is 5. The molecule has 2 fully saturated rings. The Morgan fingerprint density at radius 1 is 1.36 bits per heavy atom. The van der Waals surface area contributed by atoms with Crippen molar-refractivity contribution < 1.29 is 14.3 Å². The molecule has 1 saturated carbocycles. The molecule has 1 atom stereocenters. The van der Waals surface area contributed by atoms with Crippen molar-refractivity contribution in [3.63, 3.8) is 0 Å². The number of amides is 1. The summed E-state index contributed by atoms with van der Waals surface area (Å²) in [5.74, 6) is 0.542. The summed E-state index contributed by atoms with van der Waals surface area (Å²) in [6, 6.07) is 0.479. The predicted molar refractivity (Wildman–Crippen MR) is 121 cm³/mol. The third-order valence-corrected chi connectivity index (χ3v) is 7.53. The molecule has 9 heteroatoms. The first kappa shape index (κ1) is 21.8. The van der Waals surface area contributed by atoms with Crippen LogP contribution in [0.4, 0.5) is 0 Å². The van der Waals surface area contributed by atoms with E-state index < -0.39 is 0 Å². The molecule has 1 saturated heterocycles. The lowest BCUT2D eigenvalue weighted by atomic mass is 9.70. The summed E-state index contributed by atoms with van der Waals surface area (Å²) in [6.07, 6.45) is 10.3. The topological polar surface area (TPSA) is 102 Å². The summed E-state index contributed by atoms with van der Waals surface area (Å²) in [5, 5.41) is 15.4. The quantitative estimate of drug-likeness (QED) is 0.686. The van der Waals surface area contributed by atoms with Crippen molar-refractivity contribution in [2.45, 2.75) is 64.6 Å². The SMILES string of the molecule is C=C1/C(=C\C(=C/C)CNC2CCC3(CC2)C[C@@H](C)N(C2=CC(=O)OC2)C3=O)Cn2nnnc21. The van der Waals surface area contributed by atoms with Gasteiger partial charge in [0.05, 0.1) is 17.7 Å². The lowest BCUT2D eigenvalue weighted by Gasteiger charge is -2.36. The van der Waals surface area contributed by atoms with Crippen LogP contribution in [0.25, 0.3) is 5.57 Å². The summed E-state index contributed by atoms with van der Waals surface area (Å²) >= 11 is 0. The minimum absolute atomic E-state index is 0.0999. The summed E-state index contributed by atoms with van der Waals surface area (Å²) in [5.41, 5.74) is 3.58. The van der Waals surface area contributed by atoms with Crippen LogP contribution in [0.2, 0.25) is 0 Å². The predicted octanol–water partition coefficient (Wildman–Crippen LogP) is 2.15. The molecule has 1 aromatic rings. The lowest BCUT2D eigenvalue weighted by molar-refractivity contribution is -0.138. The second kappa shape index (κ2) is 8.37. The van der Waals surface area contributed by atoms with Gasteiger partial charge in [0, 0.05) is 30.3 Å². The van der Waals surface area contributed by atoms with E-state index in [9.17, 15) is 9.59 Å². The van der Waals surface area contributed by atoms with Gasteiger partial charge in [-0.2, -0.15) is 0 Å². The third kappa shape index (κ3) is 3.84. The second-order valence-electron chi connectivity index (χ2n) is 9.58. The molecule has 0 radical (unpaired) electrons. The molecular weight excluding hydrogens is 420 g/mol. The molecule has 1 aromatic heterocycles. The Morgan fingerprint density at radius 2 is 2.15 bits per heavy atom. The zero-order valence-electron chi connectivity index (χ0n) is 19.2. The average molecular weight is 451 g/mol. The van der Waals surface area contributed by atoms with Crippen molar-refractivity contribution in [2.75, 3.05) is 13.2 Å². The van der Waals surface area contributed by atoms with Crippen molar-refractivity contribution in [1.82, 2.24) is 30.4 Å². The average Bonchev–Trinajstić information content (AvgIpc) is 3.54. The number of allylic oxidation sites excluding steroid dienone is 3. The Bertz CT molecular complexity index is 1090. The fourth-order valence-corrected chi connectivity index (χ4v) is 5.69. The zero-order valence-corrected chi connectivity index (χ0v) is 19.2. The smallest absolute Gasteiger partial charge is 0.333 e. The first-order chi connectivity index (χ1) is 15.9. The molecule has 0 unspecified atom stereocenters. The molecule has 9 nitrogen and oxygen atoms in total. The standard InChI is InChI=1S/C24H30N6O3/c1-4-17(9-18-13-29-22(16(18)3)26-27-28-29)12-25-19-5-7-24(8-6-19)11-15(2)30(23(24)32)20-10-21(31)33-14-20/h4,9-10,15,19,25H,3,5-8,11-14H2,1-2H3/b17-4+,18-9-/t15-,19?,24?/m1/s1. The molecular formula is C24H30N6O3. The number of tetrazole rings is 1. The van der Waals surface area contributed by atoms with E-state index >= 15 is 0 Å². The molecule has 1 spiro atoms. The maximum atomic E-state index is 13.4. The zero-order chi connectivity index (χ0) is 23.2. The van der Waals surface area contributed by atoms with Gasteiger partial charge in [-0.15, -0.1) is 5.10 Å². The van der Waals surface area contributed by atoms with E-state index in [4.69, 9.17) is 4.74 Å². The van der Waals surface area contributed by atoms with E-state index in [1.165, 1.54) is 11.6 Å². The van der Waals surface area contributed by atoms with E-state index in [2.05, 4.69) is 46.5 Å². The summed E-state index contributed by atoms with van der Waals surface area (Å²) in [4.78, 5) is 26.7. The van der Waals surface area contributed by atoms with E-state index in [0.717, 1.165) is 55.6 Å². The number of esters is 1. The molecule has 174 valence electrons. The molecule has 1 N–H and O–H groups in total. The monoisotopic (exact) mass is 450 g/mol. The van der Waals surface area contributed by atoms with Crippen molar-refractivity contribution in [2.24, 2.45) is 5.41 Å². The number of likely N-dealkylation sites (tertiary alicyclic amines) is 1. The van der Waals surface area contributed by atoms with Gasteiger partial charge < -0.3 is 15.0 Å². The van der Waals surface area contributed by atoms with Gasteiger partial charge in [0.15, 0.2) is 5.82 Å². The van der Waals surface area contributed by atoms with E-state index in [1.807, 2.05) is 11.8 Å². The fourth-order valence-electron chi connectivity index (χ4n) is 5.69. The third-order valence-electron chi connectivity index (χ3n) is 7.53. The van der Waals surface area contributed by atoms with Crippen molar-refractivity contribution >= 4 is 17.4 Å². The molecule has 3 aliphatic heterocycles. The Balaban J connectivity index is 1.17. The number of nitrogens with zero attached hydrogens (tertiary/aromatic N) is 5. The van der Waals surface area contributed by atoms with Crippen LogP contribution in [0.15, 0.2) is 41.7 Å². The molecule has 4 aliphatic rings. The number of hydrogen-bond donors (Lipinski definition) is 1. The molecule has 1 aliphatic carbocycles. The van der Waals surface area contributed by atoms with Gasteiger partial charge in [0.1, 0.15) is 6.61 Å². The van der Waals surface area contributed by atoms with Crippen molar-refractivity contribution in [1.29, 1.82) is 0 Å². The fraction of sp³-hybridized carbons (Fsp3) is 0.542. The normalized spacial score (nSPS) is 31.0. The second-order valence-corrected chi connectivity index (χ2v) is 9.58. The maximum Gasteiger partial charge on any atom is 0.333 e. The van der Waals surface area contributed by atoms with E-state index in [1.54, 1.807) is 4.68 Å². The Labute approximate surface area is 193 Å². The molecule has 1 amide bonds. The van der Waals surface area contributed by atoms with E-state index in [-0.39, 0.29) is 29.9 Å². The highest BCUT2D eigenvalue weighted by Gasteiger charge is 2.52. The Kier molecular flexibility index (Phi) is 5.52. The minimum atomic E-state index is -0.354. The largest absolute Gasteiger partial charge is 0.456 e. The highest BCUT2D eigenvalue weighted by molar-refractivity contribution is 5.91. The minimum Gasteiger partial charge on any atom is -0.456 e. The van der Waals surface area contributed by atoms with Crippen LogP contribution < -0.4 is 5.32 Å². The molecule has 5 rings (SSSR count). The van der Waals surface area contributed by atoms with Crippen LogP contribution in [0.3, 0.4) is 0 Å². The number of carbonyl (C=O) groups excluding carboxylic acids is 2. The number of fused-ring (bicyclic) bond motifs is 1. The summed E-state index contributed by atoms with van der Waals surface area (Å²) in [6.45, 7) is 9.86. The van der Waals surface area contributed by atoms with Crippen molar-refractivity contribution in [3.05, 3.63) is 47.5 Å². The molecule has 0 aromatic carbocycles. The summed E-state index contributed by atoms with van der Waals surface area (Å²) < 4.78 is 6.80. The van der Waals surface area contributed by atoms with Gasteiger partial charge in [-0.1, -0.05) is 18.7 Å². The van der Waals surface area contributed by atoms with Crippen molar-refractivity contribution in [3.8, 4) is 0 Å². The van der Waals surface area contributed by atoms with Crippen LogP contribution in [0.1, 0.15) is 51.8 Å². The number of ether oxygens (including phenoxy) is 1. The number of nitrogens with one attached hydrogen (secondary N) is 1. The van der Waals surface area contributed by atoms with Crippen LogP contribution in [-0.4, -0.2) is 62.2 Å². The van der Waals surface area contributed by atoms with Crippen LogP contribution in [0.5, 0.6) is 0 Å². The number of aromatic nitrogens is 4. The van der Waals surface area contributed by atoms with Crippen LogP contribution in [0, 0.1) is 5.41 Å². The molecule has 4 heterocycles. The van der Waals surface area contributed by atoms with Crippen LogP contribution in [-0.2, 0) is 20.9 Å². The van der Waals surface area contributed by atoms with Gasteiger partial charge in [-0.3, -0.25) is 4.79 Å². The van der Waals surface area contributed by atoms with E-state index in [0.29, 0.717) is 18.3 Å². The number of hydrogen-bond acceptors (Lipinski definition) is 7. The summed E-state index contributed by atoms with van der Waals surface area (Å²) in [7, 11) is 0. The first-order valence-electron chi connectivity index (χ1n) is 11.7. The van der Waals surface area contributed by atoms with Crippen LogP contribution >= 0.6 is 0 Å². The number of carbonyl (C=O) groups is 2. The lowest BCUT2D eigenvalue weighted by Crippen LogP contribution is -2.42. The van der Waals surface area contributed by atoms with Gasteiger partial charge in [-0.25, -0.2) is 9.48 Å². The maximum absolute atomic E-state index is 13.4. The van der Waals surface area contributed by atoms with Gasteiger partial charge >= 0.3 is 5.97 Å². The first-order valence-corrected chi connectivity index (χ1v) is 11.7. The Morgan fingerprint density at radius 3 is 2.82 bits per heavy atom. The highest BCUT2D eigenvalue weighted by Crippen LogP contribution is 2.48. The number of cyclic esters (lactones) is 1.